The zero-order valence-electron chi connectivity index (χ0n) is 11.2. The van der Waals surface area contributed by atoms with E-state index in [4.69, 9.17) is 0 Å². The molecule has 132 valence electrons. The largest absolute Gasteiger partial charge is 0.509 e. The van der Waals surface area contributed by atoms with Crippen molar-refractivity contribution in [3.63, 3.8) is 0 Å². The molecule has 0 saturated heterocycles. The summed E-state index contributed by atoms with van der Waals surface area (Å²) in [4.78, 5) is 0. The molecule has 0 aliphatic carbocycles. The van der Waals surface area contributed by atoms with E-state index in [0.717, 1.165) is 6.92 Å². The molecule has 0 aromatic carbocycles. The van der Waals surface area contributed by atoms with Crippen molar-refractivity contribution in [1.29, 1.82) is 0 Å². The van der Waals surface area contributed by atoms with E-state index in [-0.39, 0.29) is 21.5 Å². The van der Waals surface area contributed by atoms with E-state index in [1.165, 1.54) is 0 Å². The first kappa shape index (κ1) is 19.5. The molecule has 1 aromatic heterocycles. The summed E-state index contributed by atoms with van der Waals surface area (Å²) >= 11 is 0. The highest BCUT2D eigenvalue weighted by molar-refractivity contribution is 7.92. The van der Waals surface area contributed by atoms with Crippen LogP contribution in [0.4, 0.5) is 26.3 Å². The lowest BCUT2D eigenvalue weighted by atomic mass is 10.7. The number of alkyl halides is 6. The van der Waals surface area contributed by atoms with Gasteiger partial charge in [-0.3, -0.25) is 0 Å². The summed E-state index contributed by atoms with van der Waals surface area (Å²) in [5, 5.41) is -3.38. The highest BCUT2D eigenvalue weighted by Crippen LogP contribution is 2.34. The van der Waals surface area contributed by atoms with E-state index in [1.54, 1.807) is 0 Å². The van der Waals surface area contributed by atoms with Crippen molar-refractivity contribution in [3.05, 3.63) is 12.8 Å². The van der Waals surface area contributed by atoms with Gasteiger partial charge in [0.15, 0.2) is 6.20 Å². The van der Waals surface area contributed by atoms with Gasteiger partial charge in [0.1, 0.15) is 0 Å². The third-order valence-corrected chi connectivity index (χ3v) is 5.59. The van der Waals surface area contributed by atoms with Gasteiger partial charge < -0.3 is 0 Å². The molecule has 0 fully saturated rings. The summed E-state index contributed by atoms with van der Waals surface area (Å²) in [5.41, 5.74) is -11.7. The minimum absolute atomic E-state index is 0.156. The zero-order chi connectivity index (χ0) is 18.4. The summed E-state index contributed by atoms with van der Waals surface area (Å²) < 4.78 is 122. The Hall–Kier alpha value is -1.57. The van der Waals surface area contributed by atoms with Crippen LogP contribution in [0.5, 0.6) is 0 Å². The number of rotatable bonds is 4. The Kier molecular flexibility index (Phi) is 4.66. The normalized spacial score (nSPS) is 14.0. The topological polar surface area (TPSA) is 77.1 Å². The zero-order valence-corrected chi connectivity index (χ0v) is 12.8. The predicted molar refractivity (Wildman–Crippen MR) is 63.2 cm³/mol. The average molecular weight is 387 g/mol. The highest BCUT2D eigenvalue weighted by Gasteiger charge is 2.58. The predicted octanol–water partition coefficient (Wildman–Crippen LogP) is 1.48. The maximum Gasteiger partial charge on any atom is 0.509 e. The van der Waals surface area contributed by atoms with Crippen molar-refractivity contribution in [2.45, 2.75) is 34.7 Å². The highest BCUT2D eigenvalue weighted by atomic mass is 32.2. The molecule has 0 spiro atoms. The molecule has 0 radical (unpaired) electrons. The lowest BCUT2D eigenvalue weighted by Crippen LogP contribution is -2.41. The van der Waals surface area contributed by atoms with Crippen molar-refractivity contribution in [3.8, 4) is 0 Å². The second kappa shape index (κ2) is 5.51. The van der Waals surface area contributed by atoms with Crippen LogP contribution in [0.25, 0.3) is 6.20 Å². The first-order valence-corrected chi connectivity index (χ1v) is 8.49. The molecule has 6 nitrogen and oxygen atoms in total. The first-order chi connectivity index (χ1) is 10.1. The molecule has 0 N–H and O–H groups in total. The second-order valence-corrected chi connectivity index (χ2v) is 7.71. The number of aromatic nitrogens is 2. The monoisotopic (exact) mass is 387 g/mol. The lowest BCUT2D eigenvalue weighted by molar-refractivity contribution is -0.731. The summed E-state index contributed by atoms with van der Waals surface area (Å²) in [6.45, 7) is 3.46. The Morgan fingerprint density at radius 1 is 1.09 bits per heavy atom. The van der Waals surface area contributed by atoms with Crippen LogP contribution in [0.15, 0.2) is 23.0 Å². The van der Waals surface area contributed by atoms with Gasteiger partial charge >= 0.3 is 35.8 Å². The number of nitrogens with zero attached hydrogens (tertiary/aromatic N) is 2. The van der Waals surface area contributed by atoms with Gasteiger partial charge in [-0.1, -0.05) is 6.58 Å². The van der Waals surface area contributed by atoms with E-state index in [1.807, 2.05) is 0 Å². The van der Waals surface area contributed by atoms with E-state index >= 15 is 0 Å². The van der Waals surface area contributed by atoms with Crippen molar-refractivity contribution in [1.82, 2.24) is 4.57 Å². The van der Waals surface area contributed by atoms with Crippen LogP contribution < -0.4 is 4.57 Å². The number of imidazole rings is 1. The molecular formula is C9H9F6N2O4S2+. The molecule has 0 amide bonds. The van der Waals surface area contributed by atoms with Gasteiger partial charge in [-0.25, -0.2) is 21.4 Å². The van der Waals surface area contributed by atoms with Crippen molar-refractivity contribution < 1.29 is 47.7 Å². The molecule has 0 saturated carbocycles. The first-order valence-electron chi connectivity index (χ1n) is 5.52. The molecule has 1 aromatic rings. The van der Waals surface area contributed by atoms with Gasteiger partial charge in [-0.05, 0) is 6.92 Å². The Morgan fingerprint density at radius 2 is 1.52 bits per heavy atom. The van der Waals surface area contributed by atoms with Gasteiger partial charge in [-0.15, -0.1) is 0 Å². The lowest BCUT2D eigenvalue weighted by Gasteiger charge is -2.07. The number of hydrogen-bond donors (Lipinski definition) is 0. The van der Waals surface area contributed by atoms with E-state index in [2.05, 4.69) is 6.58 Å². The van der Waals surface area contributed by atoms with Crippen molar-refractivity contribution in [2.75, 3.05) is 0 Å². The van der Waals surface area contributed by atoms with Gasteiger partial charge in [-0.2, -0.15) is 30.9 Å². The number of halogens is 6. The van der Waals surface area contributed by atoms with Crippen LogP contribution in [0.3, 0.4) is 0 Å². The number of hydrogen-bond acceptors (Lipinski definition) is 4. The molecule has 14 heteroatoms. The third kappa shape index (κ3) is 2.96. The fourth-order valence-corrected chi connectivity index (χ4v) is 3.69. The minimum atomic E-state index is -6.12. The van der Waals surface area contributed by atoms with E-state index in [9.17, 15) is 43.2 Å². The molecule has 1 rings (SSSR count). The summed E-state index contributed by atoms with van der Waals surface area (Å²) in [5.74, 6) is 0. The molecule has 1 heterocycles. The van der Waals surface area contributed by atoms with Gasteiger partial charge in [0.2, 0.25) is 0 Å². The fourth-order valence-electron chi connectivity index (χ4n) is 1.58. The molecule has 0 bridgehead atoms. The maximum atomic E-state index is 12.7. The molecule has 0 aliphatic rings. The Morgan fingerprint density at radius 3 is 1.83 bits per heavy atom. The Balaban J connectivity index is 3.97. The molecular weight excluding hydrogens is 378 g/mol. The Labute approximate surface area is 126 Å². The van der Waals surface area contributed by atoms with Crippen LogP contribution in [0.1, 0.15) is 6.92 Å². The SMILES string of the molecule is C=Cn1c(S(=O)(=O)C(F)(F)F)c[n+](CC)c1S(=O)(=O)C(F)(F)F. The van der Waals surface area contributed by atoms with E-state index in [0.29, 0.717) is 0 Å². The van der Waals surface area contributed by atoms with Crippen molar-refractivity contribution in [2.24, 2.45) is 0 Å². The quantitative estimate of drug-likeness (QED) is 0.579. The third-order valence-electron chi connectivity index (χ3n) is 2.60. The minimum Gasteiger partial charge on any atom is -0.219 e. The molecule has 0 aliphatic heterocycles. The van der Waals surface area contributed by atoms with E-state index < -0.39 is 47.4 Å². The fraction of sp³-hybridized carbons (Fsp3) is 0.444. The van der Waals surface area contributed by atoms with Crippen LogP contribution >= 0.6 is 0 Å². The van der Waals surface area contributed by atoms with Gasteiger partial charge in [0, 0.05) is 0 Å². The summed E-state index contributed by atoms with van der Waals surface area (Å²) in [6.07, 6.45) is 0.395. The molecule has 0 unspecified atom stereocenters. The van der Waals surface area contributed by atoms with Crippen LogP contribution in [0.2, 0.25) is 0 Å². The summed E-state index contributed by atoms with van der Waals surface area (Å²) in [7, 11) is -12.2. The van der Waals surface area contributed by atoms with Gasteiger partial charge in [0.25, 0.3) is 5.03 Å². The number of sulfone groups is 2. The maximum absolute atomic E-state index is 12.7. The second-order valence-electron chi connectivity index (χ2n) is 3.99. The standard InChI is InChI=1S/C9H9F6N2O4S2/c1-3-16-5-6(22(18,19)8(10,11)12)17(4-2)7(16)23(20,21)9(13,14)15/h4-5H,2-3H2,1H3/q+1. The summed E-state index contributed by atoms with van der Waals surface area (Å²) in [6, 6.07) is 0. The Bertz CT molecular complexity index is 833. The van der Waals surface area contributed by atoms with Crippen LogP contribution in [-0.4, -0.2) is 32.4 Å². The van der Waals surface area contributed by atoms with Crippen molar-refractivity contribution >= 4 is 25.9 Å². The molecule has 0 atom stereocenters. The smallest absolute Gasteiger partial charge is 0.219 e. The average Bonchev–Trinajstić information content (AvgIpc) is 2.75. The molecule has 23 heavy (non-hydrogen) atoms. The van der Waals surface area contributed by atoms with Crippen LogP contribution in [0, 0.1) is 0 Å². The van der Waals surface area contributed by atoms with Crippen LogP contribution in [-0.2, 0) is 26.2 Å². The number of aryl methyl sites for hydroxylation is 1. The van der Waals surface area contributed by atoms with Gasteiger partial charge in [0.05, 0.1) is 12.7 Å².